The van der Waals surface area contributed by atoms with Crippen molar-refractivity contribution in [3.05, 3.63) is 29.3 Å². The van der Waals surface area contributed by atoms with Crippen molar-refractivity contribution in [2.75, 3.05) is 20.4 Å². The molecule has 6 heteroatoms. The van der Waals surface area contributed by atoms with Crippen LogP contribution in [0, 0.1) is 0 Å². The first-order valence-corrected chi connectivity index (χ1v) is 11.2. The van der Waals surface area contributed by atoms with Crippen LogP contribution in [0.3, 0.4) is 0 Å². The normalized spacial score (nSPS) is 14.1. The fraction of sp³-hybridized carbons (Fsp3) is 0.667. The summed E-state index contributed by atoms with van der Waals surface area (Å²) in [6.45, 7) is 14.3. The average Bonchev–Trinajstić information content (AvgIpc) is 2.53. The zero-order chi connectivity index (χ0) is 20.7. The van der Waals surface area contributed by atoms with Crippen molar-refractivity contribution in [2.24, 2.45) is 0 Å². The van der Waals surface area contributed by atoms with Gasteiger partial charge in [0.25, 0.3) is 0 Å². The Morgan fingerprint density at radius 3 is 1.96 bits per heavy atom. The number of para-hydroxylation sites is 1. The van der Waals surface area contributed by atoms with Crippen LogP contribution in [0.2, 0.25) is 0 Å². The largest absolute Gasteiger partial charge is 0.462 e. The summed E-state index contributed by atoms with van der Waals surface area (Å²) < 4.78 is 11.9. The summed E-state index contributed by atoms with van der Waals surface area (Å²) in [5, 5.41) is 3.36. The van der Waals surface area contributed by atoms with Gasteiger partial charge < -0.3 is 14.2 Å². The Morgan fingerprint density at radius 1 is 1.04 bits per heavy atom. The molecule has 1 rings (SSSR count). The van der Waals surface area contributed by atoms with Gasteiger partial charge in [-0.15, -0.1) is 0 Å². The number of carbonyl (C=O) groups is 1. The van der Waals surface area contributed by atoms with Gasteiger partial charge in [-0.3, -0.25) is 4.79 Å². The molecule has 1 aromatic carbocycles. The van der Waals surface area contributed by atoms with E-state index in [4.69, 9.17) is 9.26 Å². The molecule has 0 aliphatic carbocycles. The van der Waals surface area contributed by atoms with E-state index in [0.29, 0.717) is 18.1 Å². The van der Waals surface area contributed by atoms with E-state index in [2.05, 4.69) is 55.9 Å². The minimum atomic E-state index is -1.08. The second-order valence-corrected chi connectivity index (χ2v) is 9.58. The first kappa shape index (κ1) is 23.9. The van der Waals surface area contributed by atoms with Gasteiger partial charge in [-0.2, -0.15) is 0 Å². The molecule has 0 aromatic heterocycles. The lowest BCUT2D eigenvalue weighted by molar-refractivity contribution is -0.148. The quantitative estimate of drug-likeness (QED) is 0.442. The van der Waals surface area contributed by atoms with E-state index in [0.717, 1.165) is 5.75 Å². The minimum absolute atomic E-state index is 0.128. The number of esters is 1. The van der Waals surface area contributed by atoms with Crippen LogP contribution < -0.4 is 9.61 Å². The van der Waals surface area contributed by atoms with Crippen molar-refractivity contribution >= 4 is 14.3 Å². The van der Waals surface area contributed by atoms with Gasteiger partial charge >= 0.3 is 5.97 Å². The molecule has 0 radical (unpaired) electrons. The summed E-state index contributed by atoms with van der Waals surface area (Å²) in [5.41, 5.74) is 2.40. The number of hydrogen-bond acceptors (Lipinski definition) is 5. The van der Waals surface area contributed by atoms with Crippen molar-refractivity contribution in [1.82, 2.24) is 9.99 Å². The summed E-state index contributed by atoms with van der Waals surface area (Å²) in [6, 6.07) is 5.94. The van der Waals surface area contributed by atoms with Crippen LogP contribution in [-0.2, 0) is 9.53 Å². The third-order valence-electron chi connectivity index (χ3n) is 3.98. The summed E-state index contributed by atoms with van der Waals surface area (Å²) in [6.07, 6.45) is 0.579. The Bertz CT molecular complexity index is 577. The van der Waals surface area contributed by atoms with Crippen molar-refractivity contribution in [3.8, 4) is 5.75 Å². The molecule has 0 saturated heterocycles. The standard InChI is InChI=1S/C21H37N2O3P/c1-14(2)18-11-10-12-19(15(3)4)20(18)26-27(13-23(8)9)22-17(7)21(24)25-16(5)6/h10-12,14-17,22H,13H2,1-9H3. The van der Waals surface area contributed by atoms with Crippen LogP contribution in [-0.4, -0.2) is 43.4 Å². The predicted molar refractivity (Wildman–Crippen MR) is 115 cm³/mol. The van der Waals surface area contributed by atoms with Gasteiger partial charge in [-0.1, -0.05) is 45.9 Å². The second kappa shape index (κ2) is 11.0. The maximum Gasteiger partial charge on any atom is 0.323 e. The number of nitrogens with one attached hydrogen (secondary N) is 1. The van der Waals surface area contributed by atoms with Crippen LogP contribution in [0.15, 0.2) is 18.2 Å². The van der Waals surface area contributed by atoms with Gasteiger partial charge in [0.05, 0.1) is 12.4 Å². The molecule has 0 fully saturated rings. The summed E-state index contributed by atoms with van der Waals surface area (Å²) in [4.78, 5) is 14.3. The average molecular weight is 397 g/mol. The predicted octanol–water partition coefficient (Wildman–Crippen LogP) is 5.07. The smallest absolute Gasteiger partial charge is 0.323 e. The van der Waals surface area contributed by atoms with Gasteiger partial charge in [0, 0.05) is 0 Å². The number of ether oxygens (including phenoxy) is 1. The summed E-state index contributed by atoms with van der Waals surface area (Å²) in [7, 11) is 2.94. The van der Waals surface area contributed by atoms with Gasteiger partial charge in [-0.25, -0.2) is 5.09 Å². The molecular formula is C21H37N2O3P. The SMILES string of the molecule is CC(C)OC(=O)C(C)NP(CN(C)C)Oc1c(C(C)C)cccc1C(C)C. The highest BCUT2D eigenvalue weighted by molar-refractivity contribution is 7.50. The fourth-order valence-electron chi connectivity index (χ4n) is 2.65. The lowest BCUT2D eigenvalue weighted by Gasteiger charge is -2.28. The first-order chi connectivity index (χ1) is 12.5. The van der Waals surface area contributed by atoms with Crippen LogP contribution >= 0.6 is 8.30 Å². The Hall–Kier alpha value is -1.16. The fourth-order valence-corrected chi connectivity index (χ4v) is 4.33. The summed E-state index contributed by atoms with van der Waals surface area (Å²) in [5.74, 6) is 1.42. The molecule has 0 aliphatic rings. The van der Waals surface area contributed by atoms with E-state index in [1.54, 1.807) is 0 Å². The van der Waals surface area contributed by atoms with E-state index in [-0.39, 0.29) is 12.1 Å². The highest BCUT2D eigenvalue weighted by Crippen LogP contribution is 2.43. The molecule has 27 heavy (non-hydrogen) atoms. The lowest BCUT2D eigenvalue weighted by atomic mass is 9.94. The third kappa shape index (κ3) is 7.77. The number of rotatable bonds is 10. The van der Waals surface area contributed by atoms with Crippen molar-refractivity contribution in [2.45, 2.75) is 72.4 Å². The second-order valence-electron chi connectivity index (χ2n) is 8.10. The molecule has 0 aliphatic heterocycles. The molecule has 1 N–H and O–H groups in total. The highest BCUT2D eigenvalue weighted by Gasteiger charge is 2.25. The monoisotopic (exact) mass is 396 g/mol. The Balaban J connectivity index is 3.11. The molecule has 0 spiro atoms. The summed E-state index contributed by atoms with van der Waals surface area (Å²) >= 11 is 0. The van der Waals surface area contributed by atoms with Crippen LogP contribution in [0.4, 0.5) is 0 Å². The zero-order valence-electron chi connectivity index (χ0n) is 18.4. The molecule has 154 valence electrons. The molecule has 0 saturated carbocycles. The Kier molecular flexibility index (Phi) is 9.72. The molecular weight excluding hydrogens is 359 g/mol. The van der Waals surface area contributed by atoms with Crippen LogP contribution in [0.5, 0.6) is 5.75 Å². The van der Waals surface area contributed by atoms with E-state index in [1.807, 2.05) is 34.9 Å². The molecule has 0 bridgehead atoms. The maximum absolute atomic E-state index is 12.2. The molecule has 0 heterocycles. The maximum atomic E-state index is 12.2. The van der Waals surface area contributed by atoms with Crippen molar-refractivity contribution in [3.63, 3.8) is 0 Å². The van der Waals surface area contributed by atoms with Gasteiger partial charge in [0.15, 0.2) is 8.30 Å². The Labute approximate surface area is 166 Å². The van der Waals surface area contributed by atoms with E-state index >= 15 is 0 Å². The molecule has 5 nitrogen and oxygen atoms in total. The van der Waals surface area contributed by atoms with Crippen LogP contribution in [0.1, 0.15) is 71.4 Å². The number of hydrogen-bond donors (Lipinski definition) is 1. The van der Waals surface area contributed by atoms with E-state index < -0.39 is 14.3 Å². The molecule has 1 aromatic rings. The van der Waals surface area contributed by atoms with Gasteiger partial charge in [0.2, 0.25) is 0 Å². The highest BCUT2D eigenvalue weighted by atomic mass is 31.2. The first-order valence-electron chi connectivity index (χ1n) is 9.72. The molecule has 2 atom stereocenters. The zero-order valence-corrected chi connectivity index (χ0v) is 19.3. The topological polar surface area (TPSA) is 50.8 Å². The molecule has 2 unspecified atom stereocenters. The van der Waals surface area contributed by atoms with Crippen molar-refractivity contribution < 1.29 is 14.1 Å². The van der Waals surface area contributed by atoms with Crippen molar-refractivity contribution in [1.29, 1.82) is 0 Å². The van der Waals surface area contributed by atoms with E-state index in [9.17, 15) is 4.79 Å². The Morgan fingerprint density at radius 2 is 1.56 bits per heavy atom. The number of nitrogens with zero attached hydrogens (tertiary/aromatic N) is 1. The van der Waals surface area contributed by atoms with Gasteiger partial charge in [-0.05, 0) is 57.8 Å². The van der Waals surface area contributed by atoms with E-state index in [1.165, 1.54) is 11.1 Å². The number of carbonyl (C=O) groups excluding carboxylic acids is 1. The van der Waals surface area contributed by atoms with Crippen LogP contribution in [0.25, 0.3) is 0 Å². The minimum Gasteiger partial charge on any atom is -0.462 e. The molecule has 0 amide bonds. The third-order valence-corrected chi connectivity index (χ3v) is 5.88. The van der Waals surface area contributed by atoms with Gasteiger partial charge in [0.1, 0.15) is 11.8 Å². The lowest BCUT2D eigenvalue weighted by Crippen LogP contribution is -2.36. The number of benzene rings is 1.